The Morgan fingerprint density at radius 3 is 2.38 bits per heavy atom. The van der Waals surface area contributed by atoms with Gasteiger partial charge in [-0.1, -0.05) is 0 Å². The van der Waals surface area contributed by atoms with Crippen molar-refractivity contribution in [2.75, 3.05) is 13.1 Å². The van der Waals surface area contributed by atoms with Gasteiger partial charge >= 0.3 is 0 Å². The van der Waals surface area contributed by atoms with Crippen LogP contribution in [0.15, 0.2) is 36.5 Å². The summed E-state index contributed by atoms with van der Waals surface area (Å²) < 4.78 is 40.4. The number of pyridine rings is 1. The number of nitrogens with zero attached hydrogens (tertiary/aromatic N) is 3. The zero-order chi connectivity index (χ0) is 16.7. The topological polar surface area (TPSA) is 19.4 Å². The predicted octanol–water partition coefficient (Wildman–Crippen LogP) is 2.96. The first kappa shape index (κ1) is 15.6. The molecule has 1 aromatic carbocycles. The molecule has 6 heteroatoms. The van der Waals surface area contributed by atoms with Crippen LogP contribution in [-0.4, -0.2) is 40.0 Å². The van der Waals surface area contributed by atoms with Gasteiger partial charge in [0.25, 0.3) is 0 Å². The van der Waals surface area contributed by atoms with E-state index in [0.717, 1.165) is 25.6 Å². The molecule has 2 atom stereocenters. The van der Waals surface area contributed by atoms with Crippen LogP contribution in [0.1, 0.15) is 17.7 Å². The molecule has 0 N–H and O–H groups in total. The zero-order valence-electron chi connectivity index (χ0n) is 13.1. The van der Waals surface area contributed by atoms with Crippen LogP contribution in [0.25, 0.3) is 0 Å². The van der Waals surface area contributed by atoms with Crippen molar-refractivity contribution in [3.05, 3.63) is 65.2 Å². The van der Waals surface area contributed by atoms with Crippen LogP contribution in [0.2, 0.25) is 0 Å². The molecule has 126 valence electrons. The van der Waals surface area contributed by atoms with Gasteiger partial charge in [0.05, 0.1) is 5.69 Å². The van der Waals surface area contributed by atoms with E-state index in [9.17, 15) is 13.2 Å². The molecule has 0 aliphatic carbocycles. The van der Waals surface area contributed by atoms with Gasteiger partial charge in [-0.05, 0) is 36.2 Å². The van der Waals surface area contributed by atoms with Crippen molar-refractivity contribution >= 4 is 0 Å². The molecule has 5 rings (SSSR count). The molecule has 0 amide bonds. The van der Waals surface area contributed by atoms with Crippen LogP contribution in [0, 0.1) is 17.5 Å². The van der Waals surface area contributed by atoms with Crippen LogP contribution in [-0.2, 0) is 13.1 Å². The van der Waals surface area contributed by atoms with Gasteiger partial charge in [-0.25, -0.2) is 13.2 Å². The second kappa shape index (κ2) is 6.18. The van der Waals surface area contributed by atoms with Crippen LogP contribution >= 0.6 is 0 Å². The molecular formula is C18H18F3N3. The number of hydrogen-bond acceptors (Lipinski definition) is 3. The molecule has 0 spiro atoms. The van der Waals surface area contributed by atoms with Crippen LogP contribution in [0.5, 0.6) is 0 Å². The highest BCUT2D eigenvalue weighted by molar-refractivity contribution is 5.19. The fourth-order valence-corrected chi connectivity index (χ4v) is 3.82. The Kier molecular flexibility index (Phi) is 4.02. The first-order valence-electron chi connectivity index (χ1n) is 8.11. The van der Waals surface area contributed by atoms with Gasteiger partial charge in [-0.2, -0.15) is 0 Å². The van der Waals surface area contributed by atoms with E-state index in [0.29, 0.717) is 36.4 Å². The summed E-state index contributed by atoms with van der Waals surface area (Å²) in [4.78, 5) is 8.58. The highest BCUT2D eigenvalue weighted by Gasteiger charge is 2.44. The lowest BCUT2D eigenvalue weighted by atomic mass is 9.86. The number of benzene rings is 1. The Morgan fingerprint density at radius 1 is 1.00 bits per heavy atom. The van der Waals surface area contributed by atoms with Crippen LogP contribution in [0.3, 0.4) is 0 Å². The minimum Gasteiger partial charge on any atom is -0.294 e. The van der Waals surface area contributed by atoms with Gasteiger partial charge in [-0.15, -0.1) is 0 Å². The lowest BCUT2D eigenvalue weighted by Crippen LogP contribution is -2.67. The maximum Gasteiger partial charge on any atom is 0.146 e. The second-order valence-corrected chi connectivity index (χ2v) is 6.62. The number of rotatable bonds is 4. The number of fused-ring (bicyclic) bond motifs is 2. The van der Waals surface area contributed by atoms with Gasteiger partial charge in [0, 0.05) is 50.5 Å². The van der Waals surface area contributed by atoms with Crippen molar-refractivity contribution in [3.63, 3.8) is 0 Å². The smallest absolute Gasteiger partial charge is 0.146 e. The molecule has 4 heterocycles. The summed E-state index contributed by atoms with van der Waals surface area (Å²) in [6.45, 7) is 2.70. The molecular weight excluding hydrogens is 315 g/mol. The summed E-state index contributed by atoms with van der Waals surface area (Å²) in [6, 6.07) is 7.38. The molecule has 3 aliphatic rings. The standard InChI is InChI=1S/C18H18F3N3/c19-13-4-12(5-14(20)6-13)8-24-15-7-16(24)10-23(9-15)11-18-17(21)2-1-3-22-18/h1-6,15-16H,7-11H2. The molecule has 3 saturated heterocycles. The zero-order valence-corrected chi connectivity index (χ0v) is 13.1. The fraction of sp³-hybridized carbons (Fsp3) is 0.389. The van der Waals surface area contributed by atoms with Crippen molar-refractivity contribution in [2.45, 2.75) is 31.6 Å². The van der Waals surface area contributed by atoms with Crippen molar-refractivity contribution < 1.29 is 13.2 Å². The van der Waals surface area contributed by atoms with Crippen molar-refractivity contribution in [2.24, 2.45) is 0 Å². The van der Waals surface area contributed by atoms with Gasteiger partial charge < -0.3 is 0 Å². The maximum atomic E-state index is 13.7. The first-order valence-corrected chi connectivity index (χ1v) is 8.11. The average molecular weight is 333 g/mol. The lowest BCUT2D eigenvalue weighted by molar-refractivity contribution is -0.0780. The van der Waals surface area contributed by atoms with E-state index in [2.05, 4.69) is 14.8 Å². The van der Waals surface area contributed by atoms with Gasteiger partial charge in [-0.3, -0.25) is 14.8 Å². The SMILES string of the molecule is Fc1cc(F)cc(CN2C3CC2CN(Cc2ncccc2F)C3)c1. The number of hydrogen-bond donors (Lipinski definition) is 0. The van der Waals surface area contributed by atoms with Crippen molar-refractivity contribution in [3.8, 4) is 0 Å². The third-order valence-corrected chi connectivity index (χ3v) is 4.92. The molecule has 24 heavy (non-hydrogen) atoms. The molecule has 2 bridgehead atoms. The first-order chi connectivity index (χ1) is 11.6. The van der Waals surface area contributed by atoms with E-state index in [1.54, 1.807) is 12.3 Å². The van der Waals surface area contributed by atoms with Crippen LogP contribution in [0.4, 0.5) is 13.2 Å². The lowest BCUT2D eigenvalue weighted by Gasteiger charge is -2.56. The Labute approximate surface area is 138 Å². The predicted molar refractivity (Wildman–Crippen MR) is 83.6 cm³/mol. The van der Waals surface area contributed by atoms with Crippen molar-refractivity contribution in [1.29, 1.82) is 0 Å². The maximum absolute atomic E-state index is 13.7. The minimum atomic E-state index is -0.539. The van der Waals surface area contributed by atoms with Crippen LogP contribution < -0.4 is 0 Å². The number of halogens is 3. The van der Waals surface area contributed by atoms with E-state index in [4.69, 9.17) is 0 Å². The fourth-order valence-electron chi connectivity index (χ4n) is 3.82. The monoisotopic (exact) mass is 333 g/mol. The van der Waals surface area contributed by atoms with E-state index in [-0.39, 0.29) is 5.82 Å². The molecule has 0 saturated carbocycles. The van der Waals surface area contributed by atoms with E-state index < -0.39 is 11.6 Å². The summed E-state index contributed by atoms with van der Waals surface area (Å²) in [5.41, 5.74) is 1.13. The Morgan fingerprint density at radius 2 is 1.71 bits per heavy atom. The summed E-state index contributed by atoms with van der Waals surface area (Å²) in [5, 5.41) is 0. The van der Waals surface area contributed by atoms with E-state index in [1.807, 2.05) is 0 Å². The third-order valence-electron chi connectivity index (χ3n) is 4.92. The van der Waals surface area contributed by atoms with Crippen molar-refractivity contribution in [1.82, 2.24) is 14.8 Å². The normalized spacial score (nSPS) is 24.0. The average Bonchev–Trinajstić information content (AvgIpc) is 2.54. The van der Waals surface area contributed by atoms with Gasteiger partial charge in [0.1, 0.15) is 17.5 Å². The van der Waals surface area contributed by atoms with Gasteiger partial charge in [0.15, 0.2) is 0 Å². The highest BCUT2D eigenvalue weighted by atomic mass is 19.1. The molecule has 3 aliphatic heterocycles. The molecule has 3 nitrogen and oxygen atoms in total. The molecule has 2 aromatic rings. The highest BCUT2D eigenvalue weighted by Crippen LogP contribution is 2.34. The quantitative estimate of drug-likeness (QED) is 0.858. The van der Waals surface area contributed by atoms with E-state index >= 15 is 0 Å². The number of aromatic nitrogens is 1. The van der Waals surface area contributed by atoms with Gasteiger partial charge in [0.2, 0.25) is 0 Å². The molecule has 1 aromatic heterocycles. The summed E-state index contributed by atoms with van der Waals surface area (Å²) in [7, 11) is 0. The third kappa shape index (κ3) is 3.03. The minimum absolute atomic E-state index is 0.274. The second-order valence-electron chi connectivity index (χ2n) is 6.62. The summed E-state index contributed by atoms with van der Waals surface area (Å²) >= 11 is 0. The number of piperidine rings is 1. The largest absolute Gasteiger partial charge is 0.294 e. The Balaban J connectivity index is 1.39. The number of piperazine rings is 1. The molecule has 3 fully saturated rings. The van der Waals surface area contributed by atoms with E-state index in [1.165, 1.54) is 18.2 Å². The Hall–Kier alpha value is -1.92. The molecule has 2 unspecified atom stereocenters. The summed E-state index contributed by atoms with van der Waals surface area (Å²) in [6.07, 6.45) is 2.69. The Bertz CT molecular complexity index is 720. The summed E-state index contributed by atoms with van der Waals surface area (Å²) in [5.74, 6) is -1.35. The molecule has 0 radical (unpaired) electrons.